The summed E-state index contributed by atoms with van der Waals surface area (Å²) in [6.45, 7) is 12.5. The smallest absolute Gasteiger partial charge is 0.0642 e. The van der Waals surface area contributed by atoms with Crippen LogP contribution in [0.5, 0.6) is 0 Å². The maximum atomic E-state index is 5.53. The van der Waals surface area contributed by atoms with Crippen LogP contribution < -0.4 is 9.80 Å². The van der Waals surface area contributed by atoms with Gasteiger partial charge in [-0.3, -0.25) is 0 Å². The van der Waals surface area contributed by atoms with Gasteiger partial charge in [-0.05, 0) is 50.9 Å². The van der Waals surface area contributed by atoms with Crippen LogP contribution in [0.15, 0.2) is 109 Å². The number of methoxy groups -OCH3 is 2. The van der Waals surface area contributed by atoms with E-state index >= 15 is 0 Å². The zero-order valence-corrected chi connectivity index (χ0v) is 26.4. The molecule has 4 nitrogen and oxygen atoms in total. The fourth-order valence-corrected chi connectivity index (χ4v) is 7.50. The summed E-state index contributed by atoms with van der Waals surface area (Å²) in [7, 11) is 3.56. The molecule has 1 unspecified atom stereocenters. The minimum absolute atomic E-state index is 0.0557. The summed E-state index contributed by atoms with van der Waals surface area (Å²) in [6, 6.07) is 26.8. The van der Waals surface area contributed by atoms with E-state index < -0.39 is 0 Å². The highest BCUT2D eigenvalue weighted by Crippen LogP contribution is 2.51. The number of allylic oxidation sites excluding steroid dienone is 5. The second-order valence-corrected chi connectivity index (χ2v) is 12.8. The highest BCUT2D eigenvalue weighted by atomic mass is 16.5. The van der Waals surface area contributed by atoms with Crippen LogP contribution in [0.2, 0.25) is 0 Å². The summed E-state index contributed by atoms with van der Waals surface area (Å²) >= 11 is 0. The summed E-state index contributed by atoms with van der Waals surface area (Å²) in [6.07, 6.45) is 11.3. The Labute approximate surface area is 256 Å². The van der Waals surface area contributed by atoms with Crippen LogP contribution in [0.3, 0.4) is 0 Å². The van der Waals surface area contributed by atoms with Gasteiger partial charge in [0.2, 0.25) is 0 Å². The molecule has 0 spiro atoms. The summed E-state index contributed by atoms with van der Waals surface area (Å²) in [5.74, 6) is 0. The van der Waals surface area contributed by atoms with Crippen molar-refractivity contribution in [1.82, 2.24) is 0 Å². The number of fused-ring (bicyclic) bond motifs is 6. The first-order chi connectivity index (χ1) is 20.8. The van der Waals surface area contributed by atoms with Crippen molar-refractivity contribution in [2.24, 2.45) is 0 Å². The highest BCUT2D eigenvalue weighted by Gasteiger charge is 2.44. The molecule has 4 aromatic rings. The molecule has 0 aromatic heterocycles. The molecular formula is C39H44N2O2. The summed E-state index contributed by atoms with van der Waals surface area (Å²) in [5.41, 5.74) is 6.51. The molecule has 4 aromatic carbocycles. The Balaban J connectivity index is 1.32. The molecule has 2 heterocycles. The molecule has 0 amide bonds. The predicted molar refractivity (Wildman–Crippen MR) is 183 cm³/mol. The fraction of sp³-hybridized carbons (Fsp3) is 0.333. The van der Waals surface area contributed by atoms with E-state index in [1.807, 2.05) is 0 Å². The Bertz CT molecular complexity index is 1730. The quantitative estimate of drug-likeness (QED) is 0.188. The molecule has 1 atom stereocenters. The van der Waals surface area contributed by atoms with Crippen molar-refractivity contribution in [3.05, 3.63) is 120 Å². The van der Waals surface area contributed by atoms with Gasteiger partial charge in [0.15, 0.2) is 0 Å². The summed E-state index contributed by atoms with van der Waals surface area (Å²) in [4.78, 5) is 4.95. The maximum Gasteiger partial charge on any atom is 0.0642 e. The number of hydrogen-bond acceptors (Lipinski definition) is 4. The molecular weight excluding hydrogens is 528 g/mol. The molecule has 0 saturated heterocycles. The van der Waals surface area contributed by atoms with E-state index in [-0.39, 0.29) is 16.9 Å². The lowest BCUT2D eigenvalue weighted by Gasteiger charge is -2.32. The van der Waals surface area contributed by atoms with Crippen molar-refractivity contribution in [2.75, 3.05) is 50.3 Å². The van der Waals surface area contributed by atoms with E-state index in [2.05, 4.69) is 141 Å². The molecule has 0 aliphatic carbocycles. The van der Waals surface area contributed by atoms with Crippen molar-refractivity contribution < 1.29 is 9.47 Å². The van der Waals surface area contributed by atoms with Crippen LogP contribution in [-0.4, -0.2) is 46.6 Å². The number of hydrogen-bond donors (Lipinski definition) is 0. The number of benzene rings is 4. The first-order valence-corrected chi connectivity index (χ1v) is 15.4. The van der Waals surface area contributed by atoms with E-state index in [0.29, 0.717) is 13.2 Å². The van der Waals surface area contributed by atoms with E-state index in [9.17, 15) is 0 Å². The standard InChI is InChI=1S/C39H44N2O2/c1-38(2)34(40(24-26-42-5)32-22-20-28-14-10-12-16-30(28)36(32)38)18-8-7-9-19-35-39(3,4)37-31-17-13-11-15-29(31)21-23-33(37)41(35)25-27-43-6/h7-23,34H,24-27H2,1-6H3/b9-7+,18-8+,35-19+. The van der Waals surface area contributed by atoms with E-state index in [4.69, 9.17) is 9.47 Å². The molecule has 0 bridgehead atoms. The van der Waals surface area contributed by atoms with Crippen LogP contribution >= 0.6 is 0 Å². The van der Waals surface area contributed by atoms with Gasteiger partial charge in [0, 0.05) is 55.2 Å². The van der Waals surface area contributed by atoms with Crippen LogP contribution in [0, 0.1) is 0 Å². The highest BCUT2D eigenvalue weighted by molar-refractivity contribution is 5.95. The average Bonchev–Trinajstić information content (AvgIpc) is 3.37. The second-order valence-electron chi connectivity index (χ2n) is 12.8. The van der Waals surface area contributed by atoms with Gasteiger partial charge in [-0.25, -0.2) is 0 Å². The van der Waals surface area contributed by atoms with Gasteiger partial charge in [0.25, 0.3) is 0 Å². The third-order valence-electron chi connectivity index (χ3n) is 9.52. The first kappa shape index (κ1) is 29.2. The average molecular weight is 573 g/mol. The Hall–Kier alpha value is -3.86. The molecule has 6 rings (SSSR count). The van der Waals surface area contributed by atoms with Crippen LogP contribution in [0.1, 0.15) is 38.8 Å². The van der Waals surface area contributed by atoms with E-state index in [1.165, 1.54) is 49.7 Å². The van der Waals surface area contributed by atoms with Crippen LogP contribution in [0.4, 0.5) is 11.4 Å². The Kier molecular flexibility index (Phi) is 7.93. The van der Waals surface area contributed by atoms with Gasteiger partial charge in [-0.15, -0.1) is 0 Å². The van der Waals surface area contributed by atoms with Crippen molar-refractivity contribution in [1.29, 1.82) is 0 Å². The van der Waals surface area contributed by atoms with E-state index in [0.717, 1.165) is 13.1 Å². The third-order valence-corrected chi connectivity index (χ3v) is 9.52. The Morgan fingerprint density at radius 1 is 0.674 bits per heavy atom. The number of nitrogens with zero attached hydrogens (tertiary/aromatic N) is 2. The van der Waals surface area contributed by atoms with Gasteiger partial charge in [-0.1, -0.05) is 113 Å². The predicted octanol–water partition coefficient (Wildman–Crippen LogP) is 8.55. The normalized spacial score (nSPS) is 19.9. The first-order valence-electron chi connectivity index (χ1n) is 15.4. The largest absolute Gasteiger partial charge is 0.383 e. The molecule has 222 valence electrons. The molecule has 4 heteroatoms. The lowest BCUT2D eigenvalue weighted by atomic mass is 9.78. The minimum atomic E-state index is -0.134. The van der Waals surface area contributed by atoms with Crippen LogP contribution in [-0.2, 0) is 20.3 Å². The molecule has 2 aliphatic heterocycles. The Morgan fingerprint density at radius 3 is 1.95 bits per heavy atom. The van der Waals surface area contributed by atoms with Gasteiger partial charge >= 0.3 is 0 Å². The maximum absolute atomic E-state index is 5.53. The topological polar surface area (TPSA) is 24.9 Å². The van der Waals surface area contributed by atoms with Gasteiger partial charge in [0.05, 0.1) is 19.3 Å². The van der Waals surface area contributed by atoms with Gasteiger partial charge < -0.3 is 19.3 Å². The molecule has 0 saturated carbocycles. The number of ether oxygens (including phenoxy) is 2. The van der Waals surface area contributed by atoms with Gasteiger partial charge in [-0.2, -0.15) is 0 Å². The zero-order chi connectivity index (χ0) is 30.2. The van der Waals surface area contributed by atoms with Crippen molar-refractivity contribution >= 4 is 32.9 Å². The molecule has 0 radical (unpaired) electrons. The van der Waals surface area contributed by atoms with Crippen molar-refractivity contribution in [3.63, 3.8) is 0 Å². The lowest BCUT2D eigenvalue weighted by Crippen LogP contribution is -2.41. The van der Waals surface area contributed by atoms with Gasteiger partial charge in [0.1, 0.15) is 0 Å². The number of rotatable bonds is 9. The third kappa shape index (κ3) is 4.97. The minimum Gasteiger partial charge on any atom is -0.383 e. The summed E-state index contributed by atoms with van der Waals surface area (Å²) < 4.78 is 11.1. The monoisotopic (exact) mass is 572 g/mol. The molecule has 2 aliphatic rings. The zero-order valence-electron chi connectivity index (χ0n) is 26.4. The lowest BCUT2D eigenvalue weighted by molar-refractivity contribution is 0.203. The Morgan fingerprint density at radius 2 is 1.28 bits per heavy atom. The second kappa shape index (κ2) is 11.7. The number of anilines is 2. The molecule has 0 N–H and O–H groups in total. The van der Waals surface area contributed by atoms with Crippen LogP contribution in [0.25, 0.3) is 21.5 Å². The molecule has 0 fully saturated rings. The molecule has 43 heavy (non-hydrogen) atoms. The SMILES string of the molecule is COCCN1/C(=C/C=C/C=C/C2N(CCOC)c3ccc4ccccc4c3C2(C)C)C(C)(C)c2c1ccc1ccccc21. The van der Waals surface area contributed by atoms with Crippen molar-refractivity contribution in [3.8, 4) is 0 Å². The van der Waals surface area contributed by atoms with Crippen molar-refractivity contribution in [2.45, 2.75) is 44.6 Å². The van der Waals surface area contributed by atoms with E-state index in [1.54, 1.807) is 14.2 Å². The summed E-state index contributed by atoms with van der Waals surface area (Å²) in [5, 5.41) is 5.25. The fourth-order valence-electron chi connectivity index (χ4n) is 7.50.